The van der Waals surface area contributed by atoms with Crippen LogP contribution in [0.3, 0.4) is 0 Å². The SMILES string of the molecule is O=C(CCc1nc2ccccc2s1)NCC(=O)Nc1cc(Cl)ccc1Cl. The maximum atomic E-state index is 11.9. The van der Waals surface area contributed by atoms with Crippen LogP contribution in [0.4, 0.5) is 5.69 Å². The predicted octanol–water partition coefficient (Wildman–Crippen LogP) is 4.29. The van der Waals surface area contributed by atoms with E-state index in [-0.39, 0.29) is 24.8 Å². The number of thiazole rings is 1. The fourth-order valence-corrected chi connectivity index (χ4v) is 3.61. The summed E-state index contributed by atoms with van der Waals surface area (Å²) in [6, 6.07) is 12.6. The summed E-state index contributed by atoms with van der Waals surface area (Å²) in [5.74, 6) is -0.584. The monoisotopic (exact) mass is 407 g/mol. The van der Waals surface area contributed by atoms with Crippen LogP contribution < -0.4 is 10.6 Å². The number of hydrogen-bond acceptors (Lipinski definition) is 4. The first kappa shape index (κ1) is 18.6. The van der Waals surface area contributed by atoms with Crippen molar-refractivity contribution < 1.29 is 9.59 Å². The highest BCUT2D eigenvalue weighted by Gasteiger charge is 2.10. The lowest BCUT2D eigenvalue weighted by Crippen LogP contribution is -2.33. The van der Waals surface area contributed by atoms with Gasteiger partial charge in [-0.25, -0.2) is 4.98 Å². The number of benzene rings is 2. The Kier molecular flexibility index (Phi) is 6.08. The molecule has 5 nitrogen and oxygen atoms in total. The van der Waals surface area contributed by atoms with Crippen molar-refractivity contribution >= 4 is 62.3 Å². The van der Waals surface area contributed by atoms with Crippen molar-refractivity contribution in [3.63, 3.8) is 0 Å². The summed E-state index contributed by atoms with van der Waals surface area (Å²) in [6.07, 6.45) is 0.804. The predicted molar refractivity (Wildman–Crippen MR) is 106 cm³/mol. The van der Waals surface area contributed by atoms with E-state index in [1.54, 1.807) is 29.5 Å². The fourth-order valence-electron chi connectivity index (χ4n) is 2.30. The molecule has 0 atom stereocenters. The Bertz CT molecular complexity index is 926. The molecule has 0 bridgehead atoms. The molecule has 2 amide bonds. The highest BCUT2D eigenvalue weighted by Crippen LogP contribution is 2.25. The summed E-state index contributed by atoms with van der Waals surface area (Å²) >= 11 is 13.4. The Hall–Kier alpha value is -2.15. The first-order valence-electron chi connectivity index (χ1n) is 7.87. The number of para-hydroxylation sites is 1. The van der Waals surface area contributed by atoms with Crippen LogP contribution in [0.2, 0.25) is 10.0 Å². The molecular weight excluding hydrogens is 393 g/mol. The number of aryl methyl sites for hydroxylation is 1. The molecule has 0 saturated heterocycles. The molecular formula is C18H15Cl2N3O2S. The summed E-state index contributed by atoms with van der Waals surface area (Å²) in [7, 11) is 0. The van der Waals surface area contributed by atoms with Crippen LogP contribution in [0.5, 0.6) is 0 Å². The lowest BCUT2D eigenvalue weighted by atomic mass is 10.3. The van der Waals surface area contributed by atoms with Crippen LogP contribution >= 0.6 is 34.5 Å². The lowest BCUT2D eigenvalue weighted by Gasteiger charge is -2.08. The first-order chi connectivity index (χ1) is 12.5. The smallest absolute Gasteiger partial charge is 0.243 e. The molecule has 3 aromatic rings. The van der Waals surface area contributed by atoms with Gasteiger partial charge in [0.15, 0.2) is 0 Å². The van der Waals surface area contributed by atoms with Gasteiger partial charge in [0, 0.05) is 17.9 Å². The van der Waals surface area contributed by atoms with Crippen LogP contribution in [0.15, 0.2) is 42.5 Å². The summed E-state index contributed by atoms with van der Waals surface area (Å²) in [5, 5.41) is 6.95. The molecule has 3 rings (SSSR count). The molecule has 134 valence electrons. The van der Waals surface area contributed by atoms with E-state index >= 15 is 0 Å². The molecule has 1 heterocycles. The number of aromatic nitrogens is 1. The number of carbonyl (C=O) groups excluding carboxylic acids is 2. The van der Waals surface area contributed by atoms with Gasteiger partial charge in [0.2, 0.25) is 11.8 Å². The number of hydrogen-bond donors (Lipinski definition) is 2. The highest BCUT2D eigenvalue weighted by molar-refractivity contribution is 7.18. The third kappa shape index (κ3) is 4.94. The van der Waals surface area contributed by atoms with Crippen molar-refractivity contribution in [3.05, 3.63) is 57.5 Å². The molecule has 0 aliphatic rings. The highest BCUT2D eigenvalue weighted by atomic mass is 35.5. The Morgan fingerprint density at radius 2 is 1.88 bits per heavy atom. The quantitative estimate of drug-likeness (QED) is 0.639. The summed E-state index contributed by atoms with van der Waals surface area (Å²) in [5.41, 5.74) is 1.35. The van der Waals surface area contributed by atoms with E-state index < -0.39 is 0 Å². The zero-order valence-corrected chi connectivity index (χ0v) is 15.9. The van der Waals surface area contributed by atoms with Gasteiger partial charge in [-0.2, -0.15) is 0 Å². The van der Waals surface area contributed by atoms with Gasteiger partial charge in [-0.1, -0.05) is 35.3 Å². The van der Waals surface area contributed by atoms with Gasteiger partial charge in [-0.05, 0) is 30.3 Å². The number of anilines is 1. The van der Waals surface area contributed by atoms with Crippen molar-refractivity contribution in [2.45, 2.75) is 12.8 Å². The molecule has 0 fully saturated rings. The minimum atomic E-state index is -0.373. The second-order valence-corrected chi connectivity index (χ2v) is 7.48. The molecule has 8 heteroatoms. The minimum Gasteiger partial charge on any atom is -0.347 e. The van der Waals surface area contributed by atoms with Crippen LogP contribution in [-0.2, 0) is 16.0 Å². The van der Waals surface area contributed by atoms with Gasteiger partial charge in [-0.15, -0.1) is 11.3 Å². The van der Waals surface area contributed by atoms with Gasteiger partial charge in [0.25, 0.3) is 0 Å². The fraction of sp³-hybridized carbons (Fsp3) is 0.167. The molecule has 0 saturated carbocycles. The number of nitrogens with one attached hydrogen (secondary N) is 2. The Morgan fingerprint density at radius 1 is 1.08 bits per heavy atom. The van der Waals surface area contributed by atoms with E-state index in [2.05, 4.69) is 15.6 Å². The number of rotatable bonds is 6. The third-order valence-electron chi connectivity index (χ3n) is 3.55. The number of halogens is 2. The van der Waals surface area contributed by atoms with E-state index in [1.165, 1.54) is 0 Å². The third-order valence-corrected chi connectivity index (χ3v) is 5.21. The van der Waals surface area contributed by atoms with Crippen molar-refractivity contribution in [2.24, 2.45) is 0 Å². The van der Waals surface area contributed by atoms with Crippen molar-refractivity contribution in [1.29, 1.82) is 0 Å². The number of carbonyl (C=O) groups is 2. The standard InChI is InChI=1S/C18H15Cl2N3O2S/c19-11-5-6-12(20)14(9-11)22-17(25)10-21-16(24)7-8-18-23-13-3-1-2-4-15(13)26-18/h1-6,9H,7-8,10H2,(H,21,24)(H,22,25). The van der Waals surface area contributed by atoms with Gasteiger partial charge in [-0.3, -0.25) is 9.59 Å². The normalized spacial score (nSPS) is 10.7. The van der Waals surface area contributed by atoms with Crippen LogP contribution in [0.25, 0.3) is 10.2 Å². The average molecular weight is 408 g/mol. The molecule has 26 heavy (non-hydrogen) atoms. The second-order valence-electron chi connectivity index (χ2n) is 5.52. The van der Waals surface area contributed by atoms with Gasteiger partial charge in [0.1, 0.15) is 0 Å². The van der Waals surface area contributed by atoms with Crippen LogP contribution in [-0.4, -0.2) is 23.3 Å². The first-order valence-corrected chi connectivity index (χ1v) is 9.44. The minimum absolute atomic E-state index is 0.137. The van der Waals surface area contributed by atoms with Crippen molar-refractivity contribution in [2.75, 3.05) is 11.9 Å². The van der Waals surface area contributed by atoms with Gasteiger partial charge in [0.05, 0.1) is 32.5 Å². The van der Waals surface area contributed by atoms with Gasteiger partial charge < -0.3 is 10.6 Å². The molecule has 2 N–H and O–H groups in total. The molecule has 0 spiro atoms. The summed E-state index contributed by atoms with van der Waals surface area (Å²) in [4.78, 5) is 28.4. The Balaban J connectivity index is 1.46. The van der Waals surface area contributed by atoms with Gasteiger partial charge >= 0.3 is 0 Å². The maximum absolute atomic E-state index is 11.9. The number of amides is 2. The van der Waals surface area contributed by atoms with E-state index in [4.69, 9.17) is 23.2 Å². The van der Waals surface area contributed by atoms with Crippen molar-refractivity contribution in [3.8, 4) is 0 Å². The second kappa shape index (κ2) is 8.49. The Labute approximate surface area is 164 Å². The largest absolute Gasteiger partial charge is 0.347 e. The summed E-state index contributed by atoms with van der Waals surface area (Å²) in [6.45, 7) is -0.137. The topological polar surface area (TPSA) is 71.1 Å². The number of nitrogens with zero attached hydrogens (tertiary/aromatic N) is 1. The Morgan fingerprint density at radius 3 is 2.69 bits per heavy atom. The molecule has 0 aliphatic carbocycles. The molecule has 0 aliphatic heterocycles. The zero-order chi connectivity index (χ0) is 18.5. The van der Waals surface area contributed by atoms with Crippen molar-refractivity contribution in [1.82, 2.24) is 10.3 Å². The average Bonchev–Trinajstić information content (AvgIpc) is 3.04. The molecule has 0 unspecified atom stereocenters. The van der Waals surface area contributed by atoms with E-state index in [1.807, 2.05) is 24.3 Å². The lowest BCUT2D eigenvalue weighted by molar-refractivity contribution is -0.124. The van der Waals surface area contributed by atoms with E-state index in [0.717, 1.165) is 15.2 Å². The molecule has 2 aromatic carbocycles. The van der Waals surface area contributed by atoms with Crippen LogP contribution in [0, 0.1) is 0 Å². The van der Waals surface area contributed by atoms with Crippen LogP contribution in [0.1, 0.15) is 11.4 Å². The number of fused-ring (bicyclic) bond motifs is 1. The zero-order valence-electron chi connectivity index (χ0n) is 13.6. The van der Waals surface area contributed by atoms with E-state index in [0.29, 0.717) is 22.2 Å². The summed E-state index contributed by atoms with van der Waals surface area (Å²) < 4.78 is 1.10. The maximum Gasteiger partial charge on any atom is 0.243 e. The molecule has 0 radical (unpaired) electrons. The van der Waals surface area contributed by atoms with E-state index in [9.17, 15) is 9.59 Å². The molecule has 1 aromatic heterocycles.